The number of anilines is 1. The third-order valence-corrected chi connectivity index (χ3v) is 3.85. The maximum Gasteiger partial charge on any atom is 0.238 e. The van der Waals surface area contributed by atoms with E-state index >= 15 is 0 Å². The van der Waals surface area contributed by atoms with Gasteiger partial charge in [-0.05, 0) is 50.2 Å². The highest BCUT2D eigenvalue weighted by Gasteiger charge is 2.20. The number of piperidine rings is 1. The lowest BCUT2D eigenvalue weighted by Crippen LogP contribution is -2.39. The number of carbonyl (C=O) groups excluding carboxylic acids is 2. The molecule has 1 N–H and O–H groups in total. The largest absolute Gasteiger partial charge is 0.325 e. The Labute approximate surface area is 121 Å². The molecular formula is C14H17BrN2O2. The first-order valence-corrected chi connectivity index (χ1v) is 7.20. The number of rotatable bonds is 4. The number of likely N-dealkylation sites (tertiary alicyclic amines) is 1. The standard InChI is InChI=1S/C14H17BrN2O2/c15-12-1-3-13(4-2-12)16-14(19)9-17-7-5-11(10-18)6-8-17/h1-4,10-11H,5-9H2,(H,16,19). The van der Waals surface area contributed by atoms with Crippen LogP contribution in [-0.4, -0.2) is 36.7 Å². The van der Waals surface area contributed by atoms with Crippen LogP contribution in [0.4, 0.5) is 5.69 Å². The van der Waals surface area contributed by atoms with Crippen molar-refractivity contribution in [2.45, 2.75) is 12.8 Å². The molecule has 0 aromatic heterocycles. The molecule has 5 heteroatoms. The molecule has 1 fully saturated rings. The number of hydrogen-bond acceptors (Lipinski definition) is 3. The van der Waals surface area contributed by atoms with Crippen molar-refractivity contribution >= 4 is 33.8 Å². The molecule has 0 bridgehead atoms. The molecule has 1 aliphatic rings. The monoisotopic (exact) mass is 324 g/mol. The summed E-state index contributed by atoms with van der Waals surface area (Å²) in [4.78, 5) is 24.6. The van der Waals surface area contributed by atoms with Crippen molar-refractivity contribution in [2.75, 3.05) is 25.0 Å². The van der Waals surface area contributed by atoms with E-state index in [0.29, 0.717) is 6.54 Å². The average molecular weight is 325 g/mol. The first-order valence-electron chi connectivity index (χ1n) is 6.40. The van der Waals surface area contributed by atoms with Crippen molar-refractivity contribution in [3.63, 3.8) is 0 Å². The van der Waals surface area contributed by atoms with Gasteiger partial charge in [0.15, 0.2) is 0 Å². The molecule has 1 aromatic carbocycles. The molecule has 0 saturated carbocycles. The van der Waals surface area contributed by atoms with Gasteiger partial charge in [-0.1, -0.05) is 15.9 Å². The van der Waals surface area contributed by atoms with Crippen molar-refractivity contribution in [3.05, 3.63) is 28.7 Å². The van der Waals surface area contributed by atoms with Crippen LogP contribution in [0.3, 0.4) is 0 Å². The molecule has 1 heterocycles. The summed E-state index contributed by atoms with van der Waals surface area (Å²) in [5.74, 6) is 0.165. The van der Waals surface area contributed by atoms with Crippen molar-refractivity contribution in [1.29, 1.82) is 0 Å². The topological polar surface area (TPSA) is 49.4 Å². The molecule has 0 atom stereocenters. The van der Waals surface area contributed by atoms with Crippen LogP contribution < -0.4 is 5.32 Å². The Morgan fingerprint density at radius 3 is 2.53 bits per heavy atom. The molecule has 1 aromatic rings. The van der Waals surface area contributed by atoms with Gasteiger partial charge in [0, 0.05) is 16.1 Å². The summed E-state index contributed by atoms with van der Waals surface area (Å²) in [6, 6.07) is 7.51. The molecule has 2 rings (SSSR count). The quantitative estimate of drug-likeness (QED) is 0.864. The van der Waals surface area contributed by atoms with Crippen LogP contribution in [-0.2, 0) is 9.59 Å². The number of hydrogen-bond donors (Lipinski definition) is 1. The second kappa shape index (κ2) is 6.82. The number of benzene rings is 1. The molecule has 4 nitrogen and oxygen atoms in total. The van der Waals surface area contributed by atoms with E-state index in [4.69, 9.17) is 0 Å². The second-order valence-corrected chi connectivity index (χ2v) is 5.72. The lowest BCUT2D eigenvalue weighted by molar-refractivity contribution is -0.117. The Kier molecular flexibility index (Phi) is 5.10. The Morgan fingerprint density at radius 2 is 1.95 bits per heavy atom. The lowest BCUT2D eigenvalue weighted by Gasteiger charge is -2.28. The normalized spacial score (nSPS) is 17.1. The minimum absolute atomic E-state index is 0.00752. The van der Waals surface area contributed by atoms with E-state index in [1.165, 1.54) is 0 Å². The molecule has 0 aliphatic carbocycles. The number of aldehydes is 1. The van der Waals surface area contributed by atoms with Gasteiger partial charge in [-0.2, -0.15) is 0 Å². The second-order valence-electron chi connectivity index (χ2n) is 4.80. The average Bonchev–Trinajstić information content (AvgIpc) is 2.42. The maximum atomic E-state index is 11.9. The molecule has 0 spiro atoms. The van der Waals surface area contributed by atoms with Crippen LogP contribution in [0.15, 0.2) is 28.7 Å². The van der Waals surface area contributed by atoms with Gasteiger partial charge >= 0.3 is 0 Å². The number of halogens is 1. The van der Waals surface area contributed by atoms with E-state index in [1.807, 2.05) is 24.3 Å². The highest BCUT2D eigenvalue weighted by atomic mass is 79.9. The van der Waals surface area contributed by atoms with E-state index < -0.39 is 0 Å². The predicted octanol–water partition coefficient (Wildman–Crippen LogP) is 2.30. The van der Waals surface area contributed by atoms with E-state index in [0.717, 1.165) is 42.4 Å². The zero-order valence-corrected chi connectivity index (χ0v) is 12.2. The summed E-state index contributed by atoms with van der Waals surface area (Å²) in [7, 11) is 0. The van der Waals surface area contributed by atoms with Crippen molar-refractivity contribution < 1.29 is 9.59 Å². The van der Waals surface area contributed by atoms with Gasteiger partial charge in [0.1, 0.15) is 6.29 Å². The highest BCUT2D eigenvalue weighted by Crippen LogP contribution is 2.16. The highest BCUT2D eigenvalue weighted by molar-refractivity contribution is 9.10. The number of nitrogens with zero attached hydrogens (tertiary/aromatic N) is 1. The van der Waals surface area contributed by atoms with Gasteiger partial charge in [0.25, 0.3) is 0 Å². The summed E-state index contributed by atoms with van der Waals surface area (Å²) >= 11 is 3.35. The predicted molar refractivity (Wildman–Crippen MR) is 78.0 cm³/mol. The Bertz CT molecular complexity index is 439. The molecule has 0 unspecified atom stereocenters. The van der Waals surface area contributed by atoms with Crippen LogP contribution >= 0.6 is 15.9 Å². The summed E-state index contributed by atoms with van der Waals surface area (Å²) in [5, 5.41) is 2.87. The van der Waals surface area contributed by atoms with Crippen LogP contribution in [0.25, 0.3) is 0 Å². The summed E-state index contributed by atoms with van der Waals surface area (Å²) in [5.41, 5.74) is 0.802. The van der Waals surface area contributed by atoms with Crippen LogP contribution in [0, 0.1) is 5.92 Å². The molecule has 1 aliphatic heterocycles. The summed E-state index contributed by atoms with van der Waals surface area (Å²) in [6.45, 7) is 2.02. The Morgan fingerprint density at radius 1 is 1.32 bits per heavy atom. The molecule has 19 heavy (non-hydrogen) atoms. The van der Waals surface area contributed by atoms with E-state index in [9.17, 15) is 9.59 Å². The van der Waals surface area contributed by atoms with Crippen LogP contribution in [0.5, 0.6) is 0 Å². The van der Waals surface area contributed by atoms with Crippen LogP contribution in [0.1, 0.15) is 12.8 Å². The van der Waals surface area contributed by atoms with Crippen molar-refractivity contribution in [2.24, 2.45) is 5.92 Å². The minimum atomic E-state index is -0.00752. The van der Waals surface area contributed by atoms with Crippen LogP contribution in [0.2, 0.25) is 0 Å². The fraction of sp³-hybridized carbons (Fsp3) is 0.429. The Hall–Kier alpha value is -1.20. The zero-order chi connectivity index (χ0) is 13.7. The van der Waals surface area contributed by atoms with E-state index in [1.54, 1.807) is 0 Å². The summed E-state index contributed by atoms with van der Waals surface area (Å²) in [6.07, 6.45) is 2.74. The molecule has 0 radical (unpaired) electrons. The molecule has 1 saturated heterocycles. The number of nitrogens with one attached hydrogen (secondary N) is 1. The maximum absolute atomic E-state index is 11.9. The van der Waals surface area contributed by atoms with Gasteiger partial charge in [-0.3, -0.25) is 9.69 Å². The van der Waals surface area contributed by atoms with Gasteiger partial charge in [-0.15, -0.1) is 0 Å². The molecular weight excluding hydrogens is 308 g/mol. The SMILES string of the molecule is O=CC1CCN(CC(=O)Nc2ccc(Br)cc2)CC1. The summed E-state index contributed by atoms with van der Waals surface area (Å²) < 4.78 is 0.987. The third-order valence-electron chi connectivity index (χ3n) is 3.32. The zero-order valence-electron chi connectivity index (χ0n) is 10.6. The lowest BCUT2D eigenvalue weighted by atomic mass is 9.99. The van der Waals surface area contributed by atoms with E-state index in [-0.39, 0.29) is 11.8 Å². The Balaban J connectivity index is 1.78. The van der Waals surface area contributed by atoms with Gasteiger partial charge in [0.2, 0.25) is 5.91 Å². The minimum Gasteiger partial charge on any atom is -0.325 e. The van der Waals surface area contributed by atoms with Gasteiger partial charge in [0.05, 0.1) is 6.54 Å². The van der Waals surface area contributed by atoms with Crippen molar-refractivity contribution in [3.8, 4) is 0 Å². The van der Waals surface area contributed by atoms with Gasteiger partial charge in [-0.25, -0.2) is 0 Å². The first kappa shape index (κ1) is 14.2. The smallest absolute Gasteiger partial charge is 0.238 e. The fourth-order valence-electron chi connectivity index (χ4n) is 2.18. The van der Waals surface area contributed by atoms with Gasteiger partial charge < -0.3 is 10.1 Å². The third kappa shape index (κ3) is 4.44. The van der Waals surface area contributed by atoms with E-state index in [2.05, 4.69) is 26.1 Å². The number of amides is 1. The van der Waals surface area contributed by atoms with Crippen molar-refractivity contribution in [1.82, 2.24) is 4.90 Å². The number of carbonyl (C=O) groups is 2. The molecule has 102 valence electrons. The molecule has 1 amide bonds. The fourth-order valence-corrected chi connectivity index (χ4v) is 2.45. The first-order chi connectivity index (χ1) is 9.17.